The Morgan fingerprint density at radius 3 is 1.57 bits per heavy atom. The summed E-state index contributed by atoms with van der Waals surface area (Å²) >= 11 is 0. The first-order valence-electron chi connectivity index (χ1n) is 9.90. The lowest BCUT2D eigenvalue weighted by atomic mass is 9.59. The van der Waals surface area contributed by atoms with Gasteiger partial charge in [0.1, 0.15) is 0 Å². The smallest absolute Gasteiger partial charge is 0.303 e. The first kappa shape index (κ1) is 25.9. The fourth-order valence-electron chi connectivity index (χ4n) is 3.81. The van der Waals surface area contributed by atoms with Crippen molar-refractivity contribution in [3.8, 4) is 0 Å². The second-order valence-electron chi connectivity index (χ2n) is 7.21. The predicted octanol–water partition coefficient (Wildman–Crippen LogP) is -0.289. The number of carboxylic acid groups (broad SMARTS) is 3. The minimum atomic E-state index is -2.92. The molecule has 0 aromatic carbocycles. The van der Waals surface area contributed by atoms with Gasteiger partial charge in [-0.2, -0.15) is 0 Å². The standard InChI is InChI=1S/C20H34O8/c1-5-8-11-15(16(22)23)20(18(26)27,28-14(4)21)19(17(24)25,12-9-6-2)13-10-7-3/h15H,5-13H2,1-4H3,(H,22,23)(H,24,25)(H,26,27)/p-3. The zero-order valence-corrected chi connectivity index (χ0v) is 17.2. The highest BCUT2D eigenvalue weighted by molar-refractivity contribution is 5.93. The van der Waals surface area contributed by atoms with Gasteiger partial charge < -0.3 is 34.4 Å². The van der Waals surface area contributed by atoms with Crippen molar-refractivity contribution in [2.75, 3.05) is 0 Å². The molecular formula is C20H31O8-3. The number of hydrogen-bond donors (Lipinski definition) is 0. The molecule has 0 radical (unpaired) electrons. The normalized spacial score (nSPS) is 14.7. The highest BCUT2D eigenvalue weighted by Crippen LogP contribution is 2.49. The Morgan fingerprint density at radius 2 is 1.29 bits per heavy atom. The molecule has 28 heavy (non-hydrogen) atoms. The Labute approximate surface area is 166 Å². The number of ether oxygens (including phenoxy) is 1. The first-order chi connectivity index (χ1) is 13.1. The fraction of sp³-hybridized carbons (Fsp3) is 0.800. The lowest BCUT2D eigenvalue weighted by Gasteiger charge is -2.55. The summed E-state index contributed by atoms with van der Waals surface area (Å²) in [6.07, 6.45) is 1.74. The summed E-state index contributed by atoms with van der Waals surface area (Å²) in [6.45, 7) is 6.22. The van der Waals surface area contributed by atoms with E-state index in [9.17, 15) is 34.5 Å². The van der Waals surface area contributed by atoms with Crippen LogP contribution in [0.3, 0.4) is 0 Å². The summed E-state index contributed by atoms with van der Waals surface area (Å²) in [4.78, 5) is 48.5. The third-order valence-electron chi connectivity index (χ3n) is 5.25. The van der Waals surface area contributed by atoms with Gasteiger partial charge in [0, 0.05) is 18.8 Å². The van der Waals surface area contributed by atoms with Crippen molar-refractivity contribution in [1.29, 1.82) is 0 Å². The molecule has 0 saturated carbocycles. The van der Waals surface area contributed by atoms with Gasteiger partial charge >= 0.3 is 5.97 Å². The van der Waals surface area contributed by atoms with Gasteiger partial charge in [0.2, 0.25) is 0 Å². The molecule has 0 aromatic heterocycles. The number of esters is 1. The lowest BCUT2D eigenvalue weighted by Crippen LogP contribution is -2.72. The summed E-state index contributed by atoms with van der Waals surface area (Å²) in [6, 6.07) is 0. The van der Waals surface area contributed by atoms with Crippen LogP contribution in [0.2, 0.25) is 0 Å². The van der Waals surface area contributed by atoms with Crippen molar-refractivity contribution in [3.63, 3.8) is 0 Å². The fourth-order valence-corrected chi connectivity index (χ4v) is 3.81. The van der Waals surface area contributed by atoms with Crippen LogP contribution in [-0.2, 0) is 23.9 Å². The molecule has 0 aliphatic heterocycles. The van der Waals surface area contributed by atoms with Crippen molar-refractivity contribution >= 4 is 23.9 Å². The highest BCUT2D eigenvalue weighted by Gasteiger charge is 2.60. The Kier molecular flexibility index (Phi) is 10.8. The molecule has 0 amide bonds. The van der Waals surface area contributed by atoms with E-state index in [-0.39, 0.29) is 38.5 Å². The molecule has 0 saturated heterocycles. The van der Waals surface area contributed by atoms with E-state index in [0.29, 0.717) is 19.3 Å². The maximum absolute atomic E-state index is 12.4. The molecule has 0 spiro atoms. The summed E-state index contributed by atoms with van der Waals surface area (Å²) in [5.41, 5.74) is -5.17. The van der Waals surface area contributed by atoms with Gasteiger partial charge in [-0.25, -0.2) is 0 Å². The number of carbonyl (C=O) groups excluding carboxylic acids is 4. The van der Waals surface area contributed by atoms with Crippen LogP contribution in [0.1, 0.15) is 85.5 Å². The van der Waals surface area contributed by atoms with Gasteiger partial charge in [-0.1, -0.05) is 59.3 Å². The molecule has 0 heterocycles. The van der Waals surface area contributed by atoms with Crippen LogP contribution in [0.5, 0.6) is 0 Å². The number of rotatable bonds is 15. The van der Waals surface area contributed by atoms with E-state index < -0.39 is 40.8 Å². The van der Waals surface area contributed by atoms with Gasteiger partial charge in [0.15, 0.2) is 5.60 Å². The van der Waals surface area contributed by atoms with Gasteiger partial charge in [0.05, 0.1) is 17.4 Å². The van der Waals surface area contributed by atoms with Crippen molar-refractivity contribution < 1.29 is 39.2 Å². The summed E-state index contributed by atoms with van der Waals surface area (Å²) in [5, 5.41) is 36.7. The Morgan fingerprint density at radius 1 is 0.821 bits per heavy atom. The zero-order valence-electron chi connectivity index (χ0n) is 17.2. The highest BCUT2D eigenvalue weighted by atomic mass is 16.6. The number of carboxylic acids is 3. The molecule has 0 N–H and O–H groups in total. The zero-order chi connectivity index (χ0) is 22.0. The molecule has 0 aliphatic carbocycles. The van der Waals surface area contributed by atoms with Crippen molar-refractivity contribution in [2.45, 2.75) is 91.1 Å². The van der Waals surface area contributed by atoms with E-state index in [2.05, 4.69) is 0 Å². The molecule has 0 fully saturated rings. The van der Waals surface area contributed by atoms with Crippen LogP contribution in [0.4, 0.5) is 0 Å². The Balaban J connectivity index is 6.96. The number of unbranched alkanes of at least 4 members (excludes halogenated alkanes) is 3. The van der Waals surface area contributed by atoms with E-state index in [0.717, 1.165) is 6.92 Å². The topological polar surface area (TPSA) is 147 Å². The van der Waals surface area contributed by atoms with Gasteiger partial charge in [0.25, 0.3) is 0 Å². The van der Waals surface area contributed by atoms with E-state index in [1.54, 1.807) is 20.8 Å². The monoisotopic (exact) mass is 399 g/mol. The third-order valence-corrected chi connectivity index (χ3v) is 5.25. The largest absolute Gasteiger partial charge is 0.550 e. The predicted molar refractivity (Wildman–Crippen MR) is 94.0 cm³/mol. The average molecular weight is 399 g/mol. The van der Waals surface area contributed by atoms with E-state index in [1.165, 1.54) is 0 Å². The maximum atomic E-state index is 12.4. The van der Waals surface area contributed by atoms with E-state index >= 15 is 0 Å². The summed E-state index contributed by atoms with van der Waals surface area (Å²) in [7, 11) is 0. The summed E-state index contributed by atoms with van der Waals surface area (Å²) in [5.74, 6) is -8.59. The number of aliphatic carboxylic acids is 3. The molecule has 162 valence electrons. The minimum Gasteiger partial charge on any atom is -0.550 e. The van der Waals surface area contributed by atoms with Crippen molar-refractivity contribution in [1.82, 2.24) is 0 Å². The molecule has 0 rings (SSSR count). The first-order valence-corrected chi connectivity index (χ1v) is 9.90. The molecule has 8 nitrogen and oxygen atoms in total. The minimum absolute atomic E-state index is 0.219. The van der Waals surface area contributed by atoms with E-state index in [1.807, 2.05) is 0 Å². The van der Waals surface area contributed by atoms with Gasteiger partial charge in [-0.15, -0.1) is 0 Å². The van der Waals surface area contributed by atoms with Crippen molar-refractivity contribution in [3.05, 3.63) is 0 Å². The molecule has 0 aliphatic rings. The van der Waals surface area contributed by atoms with Gasteiger partial charge in [-0.05, 0) is 19.3 Å². The van der Waals surface area contributed by atoms with E-state index in [4.69, 9.17) is 4.74 Å². The van der Waals surface area contributed by atoms with Crippen LogP contribution in [0, 0.1) is 11.3 Å². The SMILES string of the molecule is CCCCC(C(=O)[O-])C(OC(C)=O)(C(=O)[O-])C(CCCC)(CCCC)C(=O)[O-]. The van der Waals surface area contributed by atoms with Crippen LogP contribution in [0.15, 0.2) is 0 Å². The molecule has 2 atom stereocenters. The summed E-state index contributed by atoms with van der Waals surface area (Å²) < 4.78 is 5.10. The average Bonchev–Trinajstić information content (AvgIpc) is 2.60. The van der Waals surface area contributed by atoms with Crippen LogP contribution in [-0.4, -0.2) is 29.5 Å². The van der Waals surface area contributed by atoms with Crippen LogP contribution in [0.25, 0.3) is 0 Å². The maximum Gasteiger partial charge on any atom is 0.303 e. The Bertz CT molecular complexity index is 548. The number of hydrogen-bond acceptors (Lipinski definition) is 8. The van der Waals surface area contributed by atoms with Crippen LogP contribution >= 0.6 is 0 Å². The third kappa shape index (κ3) is 5.45. The molecule has 0 aromatic rings. The molecular weight excluding hydrogens is 368 g/mol. The Hall–Kier alpha value is -2.12. The van der Waals surface area contributed by atoms with Crippen LogP contribution < -0.4 is 15.3 Å². The second kappa shape index (κ2) is 11.7. The lowest BCUT2D eigenvalue weighted by molar-refractivity contribution is -0.365. The molecule has 0 bridgehead atoms. The number of carbonyl (C=O) groups is 4. The van der Waals surface area contributed by atoms with Crippen molar-refractivity contribution in [2.24, 2.45) is 11.3 Å². The van der Waals surface area contributed by atoms with Gasteiger partial charge in [-0.3, -0.25) is 4.79 Å². The molecule has 2 unspecified atom stereocenters. The molecule has 8 heteroatoms. The second-order valence-corrected chi connectivity index (χ2v) is 7.21. The quantitative estimate of drug-likeness (QED) is 0.341.